The maximum absolute atomic E-state index is 5.23. The van der Waals surface area contributed by atoms with Crippen LogP contribution in [-0.2, 0) is 5.41 Å². The van der Waals surface area contributed by atoms with E-state index in [0.717, 1.165) is 44.4 Å². The predicted octanol–water partition coefficient (Wildman–Crippen LogP) is 12.4. The maximum atomic E-state index is 5.23. The summed E-state index contributed by atoms with van der Waals surface area (Å²) in [5.41, 5.74) is 21.0. The van der Waals surface area contributed by atoms with Crippen molar-refractivity contribution >= 4 is 27.6 Å². The molecule has 7 aromatic carbocycles. The summed E-state index contributed by atoms with van der Waals surface area (Å²) >= 11 is 0. The number of rotatable bonds is 3. The summed E-state index contributed by atoms with van der Waals surface area (Å²) in [6.07, 6.45) is 2.08. The van der Waals surface area contributed by atoms with E-state index in [1.54, 1.807) is 0 Å². The lowest BCUT2D eigenvalue weighted by Gasteiger charge is -2.30. The third-order valence-corrected chi connectivity index (χ3v) is 11.8. The summed E-state index contributed by atoms with van der Waals surface area (Å²) in [6.45, 7) is 0. The van der Waals surface area contributed by atoms with E-state index in [2.05, 4.69) is 180 Å². The second-order valence-corrected chi connectivity index (χ2v) is 14.5. The molecule has 3 nitrogen and oxygen atoms in total. The lowest BCUT2D eigenvalue weighted by molar-refractivity contribution is 0.794. The Balaban J connectivity index is 0.972. The Labute approximate surface area is 312 Å². The van der Waals surface area contributed by atoms with Gasteiger partial charge in [-0.25, -0.2) is 9.97 Å². The molecule has 250 valence electrons. The Morgan fingerprint density at radius 3 is 1.65 bits per heavy atom. The van der Waals surface area contributed by atoms with Gasteiger partial charge < -0.3 is 0 Å². The average molecular weight is 686 g/mol. The topological polar surface area (TPSA) is 30.2 Å². The number of benzene rings is 7. The highest BCUT2D eigenvalue weighted by atomic mass is 15.0. The van der Waals surface area contributed by atoms with E-state index in [-0.39, 0.29) is 5.41 Å². The van der Waals surface area contributed by atoms with Gasteiger partial charge in [0.25, 0.3) is 0 Å². The van der Waals surface area contributed by atoms with Gasteiger partial charge in [-0.3, -0.25) is 4.40 Å². The molecule has 2 aliphatic rings. The first-order valence-electron chi connectivity index (χ1n) is 18.6. The minimum absolute atomic E-state index is 0.349. The van der Waals surface area contributed by atoms with Crippen LogP contribution in [0.1, 0.15) is 22.3 Å². The molecule has 10 aromatic rings. The molecule has 1 spiro atoms. The molecule has 12 rings (SSSR count). The fourth-order valence-corrected chi connectivity index (χ4v) is 9.53. The van der Waals surface area contributed by atoms with Crippen molar-refractivity contribution in [3.63, 3.8) is 0 Å². The van der Waals surface area contributed by atoms with Crippen LogP contribution in [0.15, 0.2) is 188 Å². The van der Waals surface area contributed by atoms with E-state index < -0.39 is 0 Å². The number of fused-ring (bicyclic) bond motifs is 15. The smallest absolute Gasteiger partial charge is 0.137 e. The van der Waals surface area contributed by atoms with Crippen LogP contribution in [0, 0.1) is 0 Å². The number of pyridine rings is 2. The summed E-state index contributed by atoms with van der Waals surface area (Å²) in [5.74, 6) is 0. The number of hydrogen-bond donors (Lipinski definition) is 0. The number of para-hydroxylation sites is 1. The van der Waals surface area contributed by atoms with Crippen LogP contribution in [0.2, 0.25) is 0 Å². The quantitative estimate of drug-likeness (QED) is 0.185. The highest BCUT2D eigenvalue weighted by Crippen LogP contribution is 2.63. The van der Waals surface area contributed by atoms with Gasteiger partial charge in [0.05, 0.1) is 22.1 Å². The lowest BCUT2D eigenvalue weighted by atomic mass is 9.70. The zero-order valence-electron chi connectivity index (χ0n) is 29.2. The monoisotopic (exact) mass is 685 g/mol. The molecule has 0 radical (unpaired) electrons. The summed E-state index contributed by atoms with van der Waals surface area (Å²) < 4.78 is 2.16. The van der Waals surface area contributed by atoms with Crippen molar-refractivity contribution in [2.75, 3.05) is 0 Å². The number of hydrogen-bond acceptors (Lipinski definition) is 2. The summed E-state index contributed by atoms with van der Waals surface area (Å²) in [6, 6.07) is 66.3. The van der Waals surface area contributed by atoms with Gasteiger partial charge in [-0.1, -0.05) is 152 Å². The molecule has 0 fully saturated rings. The maximum Gasteiger partial charge on any atom is 0.137 e. The van der Waals surface area contributed by atoms with Gasteiger partial charge in [-0.15, -0.1) is 0 Å². The molecule has 54 heavy (non-hydrogen) atoms. The first-order valence-corrected chi connectivity index (χ1v) is 18.6. The number of imidazole rings is 1. The van der Waals surface area contributed by atoms with Crippen LogP contribution < -0.4 is 0 Å². The fourth-order valence-electron chi connectivity index (χ4n) is 9.53. The molecule has 3 heteroatoms. The van der Waals surface area contributed by atoms with Gasteiger partial charge in [0.2, 0.25) is 0 Å². The molecule has 0 bridgehead atoms. The standard InChI is InChI=1S/C51H31N3/c1-5-18-42-37(14-1)38-15-2-6-19-43(38)51(42)44-20-7-3-16-39(44)40-28-27-35(31-45(40)51)33-25-23-32(24-26-33)34-12-11-13-36(30-34)48-50-49(41-17-4-8-21-46(41)52-48)53-47-22-9-10-29-54(47)50/h1-31H. The van der Waals surface area contributed by atoms with Crippen molar-refractivity contribution in [3.05, 3.63) is 210 Å². The highest BCUT2D eigenvalue weighted by molar-refractivity contribution is 6.09. The van der Waals surface area contributed by atoms with Gasteiger partial charge in [0, 0.05) is 17.1 Å². The van der Waals surface area contributed by atoms with E-state index in [0.29, 0.717) is 0 Å². The van der Waals surface area contributed by atoms with Crippen molar-refractivity contribution < 1.29 is 0 Å². The molecular formula is C51H31N3. The molecule has 0 saturated heterocycles. The van der Waals surface area contributed by atoms with Crippen LogP contribution >= 0.6 is 0 Å². The van der Waals surface area contributed by atoms with E-state index >= 15 is 0 Å². The Bertz CT molecular complexity index is 3100. The minimum atomic E-state index is -0.349. The fraction of sp³-hybridized carbons (Fsp3) is 0.0196. The number of nitrogens with zero attached hydrogens (tertiary/aromatic N) is 3. The normalized spacial score (nSPS) is 13.3. The molecule has 0 atom stereocenters. The predicted molar refractivity (Wildman–Crippen MR) is 221 cm³/mol. The number of aromatic nitrogens is 3. The van der Waals surface area contributed by atoms with Crippen LogP contribution in [0.25, 0.3) is 83.3 Å². The molecule has 0 saturated carbocycles. The minimum Gasteiger partial charge on any atom is -0.298 e. The van der Waals surface area contributed by atoms with Gasteiger partial charge in [-0.2, -0.15) is 0 Å². The second-order valence-electron chi connectivity index (χ2n) is 14.5. The molecular weight excluding hydrogens is 655 g/mol. The van der Waals surface area contributed by atoms with Crippen LogP contribution in [-0.4, -0.2) is 14.4 Å². The van der Waals surface area contributed by atoms with Crippen LogP contribution in [0.3, 0.4) is 0 Å². The Morgan fingerprint density at radius 2 is 0.944 bits per heavy atom. The molecule has 0 N–H and O–H groups in total. The first kappa shape index (κ1) is 29.5. The van der Waals surface area contributed by atoms with E-state index in [1.807, 2.05) is 12.1 Å². The summed E-state index contributed by atoms with van der Waals surface area (Å²) in [7, 11) is 0. The molecule has 0 aliphatic heterocycles. The molecule has 3 aromatic heterocycles. The molecule has 3 heterocycles. The van der Waals surface area contributed by atoms with Crippen molar-refractivity contribution in [2.24, 2.45) is 0 Å². The van der Waals surface area contributed by atoms with Crippen molar-refractivity contribution in [2.45, 2.75) is 5.41 Å². The Hall–Kier alpha value is -7.10. The first-order chi connectivity index (χ1) is 26.8. The van der Waals surface area contributed by atoms with Crippen molar-refractivity contribution in [1.82, 2.24) is 14.4 Å². The van der Waals surface area contributed by atoms with E-state index in [4.69, 9.17) is 9.97 Å². The second kappa shape index (κ2) is 11.0. The van der Waals surface area contributed by atoms with E-state index in [1.165, 1.54) is 61.2 Å². The molecule has 0 amide bonds. The van der Waals surface area contributed by atoms with Gasteiger partial charge in [0.15, 0.2) is 0 Å². The third-order valence-electron chi connectivity index (χ3n) is 11.8. The highest BCUT2D eigenvalue weighted by Gasteiger charge is 2.51. The van der Waals surface area contributed by atoms with Crippen LogP contribution in [0.5, 0.6) is 0 Å². The van der Waals surface area contributed by atoms with E-state index in [9.17, 15) is 0 Å². The summed E-state index contributed by atoms with van der Waals surface area (Å²) in [5, 5.41) is 1.06. The zero-order chi connectivity index (χ0) is 35.4. The zero-order valence-corrected chi connectivity index (χ0v) is 29.2. The van der Waals surface area contributed by atoms with Gasteiger partial charge >= 0.3 is 0 Å². The largest absolute Gasteiger partial charge is 0.298 e. The van der Waals surface area contributed by atoms with Crippen molar-refractivity contribution in [3.8, 4) is 55.8 Å². The summed E-state index contributed by atoms with van der Waals surface area (Å²) in [4.78, 5) is 10.3. The SMILES string of the molecule is c1cc(-c2ccc(-c3ccc4c(c3)C3(c5ccccc5-c5ccccc53)c3ccccc3-4)cc2)cc(-c2nc3ccccc3c3nc4ccccn4c23)c1. The Morgan fingerprint density at radius 1 is 0.389 bits per heavy atom. The third kappa shape index (κ3) is 3.90. The molecule has 0 unspecified atom stereocenters. The van der Waals surface area contributed by atoms with Crippen LogP contribution in [0.4, 0.5) is 0 Å². The van der Waals surface area contributed by atoms with Crippen molar-refractivity contribution in [1.29, 1.82) is 0 Å². The van der Waals surface area contributed by atoms with Gasteiger partial charge in [-0.05, 0) is 97.1 Å². The Kier molecular flexibility index (Phi) is 5.98. The van der Waals surface area contributed by atoms with Gasteiger partial charge in [0.1, 0.15) is 11.2 Å². The average Bonchev–Trinajstić information content (AvgIpc) is 3.88. The lowest BCUT2D eigenvalue weighted by Crippen LogP contribution is -2.25. The molecule has 2 aliphatic carbocycles.